The number of nitrogens with one attached hydrogen (secondary N) is 1. The topological polar surface area (TPSA) is 25.0 Å². The number of halogens is 1. The first kappa shape index (κ1) is 14.6. The largest absolute Gasteiger partial charge is 0.379 e. The zero-order valence-electron chi connectivity index (χ0n) is 12.9. The Morgan fingerprint density at radius 2 is 2.00 bits per heavy atom. The highest BCUT2D eigenvalue weighted by Gasteiger charge is 2.23. The molecule has 1 aromatic carbocycles. The lowest BCUT2D eigenvalue weighted by molar-refractivity contribution is 0.0258. The Kier molecular flexibility index (Phi) is 4.29. The zero-order chi connectivity index (χ0) is 14.8. The first-order chi connectivity index (χ1) is 10.2. The first-order valence-corrected chi connectivity index (χ1v) is 8.05. The Hall–Kier alpha value is -1.35. The molecule has 114 valence electrons. The second kappa shape index (κ2) is 6.18. The lowest BCUT2D eigenvalue weighted by Gasteiger charge is -2.28. The van der Waals surface area contributed by atoms with Crippen molar-refractivity contribution in [2.75, 3.05) is 6.61 Å². The maximum atomic E-state index is 13.3. The number of hydrogen-bond donors (Lipinski definition) is 1. The van der Waals surface area contributed by atoms with Crippen LogP contribution in [0.4, 0.5) is 4.39 Å². The molecule has 1 fully saturated rings. The van der Waals surface area contributed by atoms with Crippen LogP contribution < -0.4 is 0 Å². The summed E-state index contributed by atoms with van der Waals surface area (Å²) >= 11 is 0. The van der Waals surface area contributed by atoms with Gasteiger partial charge in [0.25, 0.3) is 0 Å². The van der Waals surface area contributed by atoms with Gasteiger partial charge in [-0.15, -0.1) is 0 Å². The minimum absolute atomic E-state index is 0.174. The molecule has 0 unspecified atom stereocenters. The van der Waals surface area contributed by atoms with Crippen LogP contribution in [0.3, 0.4) is 0 Å². The van der Waals surface area contributed by atoms with E-state index in [0.717, 1.165) is 24.5 Å². The second-order valence-electron chi connectivity index (χ2n) is 6.22. The number of aromatic nitrogens is 1. The Morgan fingerprint density at radius 3 is 2.71 bits per heavy atom. The fourth-order valence-electron chi connectivity index (χ4n) is 3.65. The number of rotatable bonds is 4. The van der Waals surface area contributed by atoms with E-state index in [4.69, 9.17) is 4.74 Å². The van der Waals surface area contributed by atoms with Gasteiger partial charge in [0.15, 0.2) is 0 Å². The molecular weight excluding hydrogens is 265 g/mol. The fraction of sp³-hybridized carbons (Fsp3) is 0.556. The molecule has 1 aromatic heterocycles. The minimum atomic E-state index is -0.174. The number of hydrogen-bond acceptors (Lipinski definition) is 1. The van der Waals surface area contributed by atoms with Gasteiger partial charge in [-0.1, -0.05) is 0 Å². The molecule has 0 radical (unpaired) electrons. The summed E-state index contributed by atoms with van der Waals surface area (Å²) in [6.07, 6.45) is 6.37. The molecule has 3 heteroatoms. The maximum absolute atomic E-state index is 13.3. The number of aromatic amines is 1. The maximum Gasteiger partial charge on any atom is 0.125 e. The number of fused-ring (bicyclic) bond motifs is 1. The van der Waals surface area contributed by atoms with Crippen molar-refractivity contribution in [3.05, 3.63) is 35.3 Å². The molecule has 0 bridgehead atoms. The van der Waals surface area contributed by atoms with Gasteiger partial charge in [0.05, 0.1) is 6.10 Å². The van der Waals surface area contributed by atoms with Gasteiger partial charge in [0.2, 0.25) is 0 Å². The van der Waals surface area contributed by atoms with Crippen molar-refractivity contribution < 1.29 is 9.13 Å². The molecular formula is C18H24FNO. The summed E-state index contributed by atoms with van der Waals surface area (Å²) in [5.41, 5.74) is 3.47. The molecule has 1 aliphatic rings. The van der Waals surface area contributed by atoms with E-state index >= 15 is 0 Å². The Morgan fingerprint density at radius 1 is 1.24 bits per heavy atom. The molecule has 1 N–H and O–H groups in total. The number of H-pyrrole nitrogens is 1. The van der Waals surface area contributed by atoms with Gasteiger partial charge in [-0.05, 0) is 75.6 Å². The highest BCUT2D eigenvalue weighted by atomic mass is 19.1. The van der Waals surface area contributed by atoms with Crippen LogP contribution in [0.15, 0.2) is 18.2 Å². The zero-order valence-corrected chi connectivity index (χ0v) is 12.9. The average molecular weight is 289 g/mol. The summed E-state index contributed by atoms with van der Waals surface area (Å²) in [5.74, 6) is 0.553. The van der Waals surface area contributed by atoms with Crippen LogP contribution in [0.25, 0.3) is 10.9 Å². The van der Waals surface area contributed by atoms with E-state index in [1.165, 1.54) is 42.3 Å². The molecule has 0 amide bonds. The van der Waals surface area contributed by atoms with Crippen LogP contribution in [0, 0.1) is 18.7 Å². The van der Waals surface area contributed by atoms with Crippen molar-refractivity contribution in [3.8, 4) is 0 Å². The van der Waals surface area contributed by atoms with E-state index in [1.807, 2.05) is 6.07 Å². The Labute approximate surface area is 125 Å². The third-order valence-electron chi connectivity index (χ3n) is 4.77. The van der Waals surface area contributed by atoms with Crippen LogP contribution in [-0.4, -0.2) is 17.7 Å². The summed E-state index contributed by atoms with van der Waals surface area (Å²) in [6, 6.07) is 5.07. The molecule has 1 saturated carbocycles. The number of benzene rings is 1. The van der Waals surface area contributed by atoms with Crippen molar-refractivity contribution in [3.63, 3.8) is 0 Å². The van der Waals surface area contributed by atoms with Crippen LogP contribution in [0.2, 0.25) is 0 Å². The molecule has 2 nitrogen and oxygen atoms in total. The highest BCUT2D eigenvalue weighted by Crippen LogP contribution is 2.32. The quantitative estimate of drug-likeness (QED) is 0.863. The van der Waals surface area contributed by atoms with Crippen molar-refractivity contribution in [1.82, 2.24) is 4.98 Å². The molecule has 0 aliphatic heterocycles. The summed E-state index contributed by atoms with van der Waals surface area (Å²) < 4.78 is 19.0. The van der Waals surface area contributed by atoms with Crippen molar-refractivity contribution >= 4 is 10.9 Å². The van der Waals surface area contributed by atoms with E-state index in [2.05, 4.69) is 18.8 Å². The second-order valence-corrected chi connectivity index (χ2v) is 6.22. The average Bonchev–Trinajstić information content (AvgIpc) is 2.76. The molecule has 0 spiro atoms. The molecule has 21 heavy (non-hydrogen) atoms. The highest BCUT2D eigenvalue weighted by molar-refractivity contribution is 5.84. The minimum Gasteiger partial charge on any atom is -0.379 e. The van der Waals surface area contributed by atoms with Gasteiger partial charge in [0.1, 0.15) is 5.82 Å². The summed E-state index contributed by atoms with van der Waals surface area (Å²) in [4.78, 5) is 3.32. The van der Waals surface area contributed by atoms with Gasteiger partial charge in [-0.25, -0.2) is 4.39 Å². The lowest BCUT2D eigenvalue weighted by Crippen LogP contribution is -2.22. The standard InChI is InChI=1S/C18H24FNO/c1-3-21-15-7-4-13(5-8-15)10-17-12(2)20-18-11-14(19)6-9-16(17)18/h6,9,11,13,15,20H,3-5,7-8,10H2,1-2H3. The Bertz CT molecular complexity index is 611. The predicted molar refractivity (Wildman–Crippen MR) is 84.1 cm³/mol. The van der Waals surface area contributed by atoms with Crippen LogP contribution >= 0.6 is 0 Å². The van der Waals surface area contributed by atoms with Crippen LogP contribution in [0.5, 0.6) is 0 Å². The van der Waals surface area contributed by atoms with Crippen molar-refractivity contribution in [1.29, 1.82) is 0 Å². The number of aryl methyl sites for hydroxylation is 1. The summed E-state index contributed by atoms with van der Waals surface area (Å²) in [5, 5.41) is 1.18. The van der Waals surface area contributed by atoms with Gasteiger partial charge < -0.3 is 9.72 Å². The van der Waals surface area contributed by atoms with E-state index in [9.17, 15) is 4.39 Å². The molecule has 3 rings (SSSR count). The van der Waals surface area contributed by atoms with Crippen molar-refractivity contribution in [2.45, 2.75) is 52.1 Å². The summed E-state index contributed by atoms with van der Waals surface area (Å²) in [7, 11) is 0. The summed E-state index contributed by atoms with van der Waals surface area (Å²) in [6.45, 7) is 4.99. The molecule has 0 atom stereocenters. The molecule has 1 aliphatic carbocycles. The van der Waals surface area contributed by atoms with Crippen molar-refractivity contribution in [2.24, 2.45) is 5.92 Å². The van der Waals surface area contributed by atoms with Gasteiger partial charge >= 0.3 is 0 Å². The fourth-order valence-corrected chi connectivity index (χ4v) is 3.65. The smallest absolute Gasteiger partial charge is 0.125 e. The van der Waals surface area contributed by atoms with Gasteiger partial charge in [-0.3, -0.25) is 0 Å². The third-order valence-corrected chi connectivity index (χ3v) is 4.77. The monoisotopic (exact) mass is 289 g/mol. The molecule has 2 aromatic rings. The Balaban J connectivity index is 1.72. The lowest BCUT2D eigenvalue weighted by atomic mass is 9.83. The van der Waals surface area contributed by atoms with Gasteiger partial charge in [0, 0.05) is 23.2 Å². The van der Waals surface area contributed by atoms with Gasteiger partial charge in [-0.2, -0.15) is 0 Å². The molecule has 1 heterocycles. The number of ether oxygens (including phenoxy) is 1. The SMILES string of the molecule is CCOC1CCC(Cc2c(C)[nH]c3cc(F)ccc23)CC1. The van der Waals surface area contributed by atoms with E-state index < -0.39 is 0 Å². The van der Waals surface area contributed by atoms with Crippen LogP contribution in [-0.2, 0) is 11.2 Å². The predicted octanol–water partition coefficient (Wildman–Crippen LogP) is 4.75. The first-order valence-electron chi connectivity index (χ1n) is 8.05. The van der Waals surface area contributed by atoms with Crippen LogP contribution in [0.1, 0.15) is 43.9 Å². The van der Waals surface area contributed by atoms with E-state index in [-0.39, 0.29) is 5.82 Å². The normalized spacial score (nSPS) is 22.8. The molecule has 0 saturated heterocycles. The van der Waals surface area contributed by atoms with E-state index in [1.54, 1.807) is 12.1 Å². The third kappa shape index (κ3) is 3.13. The van der Waals surface area contributed by atoms with E-state index in [0.29, 0.717) is 6.10 Å².